The average molecular weight is 487 g/mol. The van der Waals surface area contributed by atoms with Crippen molar-refractivity contribution in [2.45, 2.75) is 26.2 Å². The number of carbonyl (C=O) groups is 2. The van der Waals surface area contributed by atoms with E-state index in [0.29, 0.717) is 11.5 Å². The maximum Gasteiger partial charge on any atom is 0.336 e. The minimum atomic E-state index is -0.493. The van der Waals surface area contributed by atoms with Crippen LogP contribution in [0.25, 0.3) is 6.08 Å². The molecule has 0 aliphatic heterocycles. The number of ether oxygens (including phenoxy) is 3. The molecule has 0 bridgehead atoms. The van der Waals surface area contributed by atoms with E-state index in [1.54, 1.807) is 37.5 Å². The van der Waals surface area contributed by atoms with Crippen molar-refractivity contribution >= 4 is 24.2 Å². The number of carbonyl (C=O) groups excluding carboxylic acids is 2. The first-order valence-corrected chi connectivity index (χ1v) is 11.4. The number of amides is 1. The topological polar surface area (TPSA) is 86.2 Å². The summed E-state index contributed by atoms with van der Waals surface area (Å²) in [6, 6.07) is 21.7. The first kappa shape index (κ1) is 26.2. The minimum absolute atomic E-state index is 0.0549. The number of methoxy groups -OCH3 is 1. The van der Waals surface area contributed by atoms with E-state index in [1.807, 2.05) is 48.5 Å². The van der Waals surface area contributed by atoms with Crippen LogP contribution in [0.2, 0.25) is 0 Å². The zero-order valence-electron chi connectivity index (χ0n) is 20.9. The standard InChI is InChI=1S/C29H30N2O5/c1-29(2,3)23-10-16-25(17-11-23)35-20-27(32)31-30-19-22-7-14-26(15-8-22)36-28(33)18-9-21-5-12-24(34-4)13-6-21/h5-19H,20H2,1-4H3,(H,31,32)/b18-9+,30-19-. The van der Waals surface area contributed by atoms with E-state index in [1.165, 1.54) is 17.9 Å². The fraction of sp³-hybridized carbons (Fsp3) is 0.207. The fourth-order valence-electron chi connectivity index (χ4n) is 3.06. The molecule has 1 N–H and O–H groups in total. The van der Waals surface area contributed by atoms with Crippen LogP contribution in [0.5, 0.6) is 17.2 Å². The van der Waals surface area contributed by atoms with E-state index in [9.17, 15) is 9.59 Å². The highest BCUT2D eigenvalue weighted by molar-refractivity contribution is 5.89. The summed E-state index contributed by atoms with van der Waals surface area (Å²) in [6.07, 6.45) is 4.51. The normalized spacial score (nSPS) is 11.4. The van der Waals surface area contributed by atoms with Crippen LogP contribution in [0.3, 0.4) is 0 Å². The molecule has 0 spiro atoms. The number of rotatable bonds is 9. The summed E-state index contributed by atoms with van der Waals surface area (Å²) in [5.74, 6) is 0.888. The van der Waals surface area contributed by atoms with Crippen LogP contribution in [-0.2, 0) is 15.0 Å². The molecule has 0 atom stereocenters. The summed E-state index contributed by atoms with van der Waals surface area (Å²) < 4.78 is 15.9. The van der Waals surface area contributed by atoms with Crippen molar-refractivity contribution in [3.05, 3.63) is 95.6 Å². The lowest BCUT2D eigenvalue weighted by Crippen LogP contribution is -2.24. The molecule has 7 heteroatoms. The summed E-state index contributed by atoms with van der Waals surface area (Å²) in [5, 5.41) is 3.93. The minimum Gasteiger partial charge on any atom is -0.497 e. The zero-order valence-corrected chi connectivity index (χ0v) is 20.9. The number of hydrogen-bond acceptors (Lipinski definition) is 6. The third-order valence-corrected chi connectivity index (χ3v) is 5.12. The third-order valence-electron chi connectivity index (χ3n) is 5.12. The second-order valence-electron chi connectivity index (χ2n) is 8.95. The van der Waals surface area contributed by atoms with Gasteiger partial charge in [0.25, 0.3) is 5.91 Å². The predicted octanol–water partition coefficient (Wildman–Crippen LogP) is 5.14. The maximum absolute atomic E-state index is 12.0. The van der Waals surface area contributed by atoms with Gasteiger partial charge >= 0.3 is 5.97 Å². The van der Waals surface area contributed by atoms with Gasteiger partial charge in [-0.1, -0.05) is 45.0 Å². The van der Waals surface area contributed by atoms with E-state index < -0.39 is 5.97 Å². The lowest BCUT2D eigenvalue weighted by Gasteiger charge is -2.19. The van der Waals surface area contributed by atoms with Crippen LogP contribution in [0.1, 0.15) is 37.5 Å². The molecule has 7 nitrogen and oxygen atoms in total. The Labute approximate surface area is 211 Å². The molecule has 0 radical (unpaired) electrons. The molecule has 3 aromatic rings. The largest absolute Gasteiger partial charge is 0.497 e. The summed E-state index contributed by atoms with van der Waals surface area (Å²) in [4.78, 5) is 24.0. The highest BCUT2D eigenvalue weighted by Gasteiger charge is 2.13. The van der Waals surface area contributed by atoms with Gasteiger partial charge in [0.15, 0.2) is 6.61 Å². The van der Waals surface area contributed by atoms with Crippen molar-refractivity contribution in [2.75, 3.05) is 13.7 Å². The van der Waals surface area contributed by atoms with Crippen molar-refractivity contribution in [1.82, 2.24) is 5.43 Å². The molecular weight excluding hydrogens is 456 g/mol. The molecule has 3 aromatic carbocycles. The van der Waals surface area contributed by atoms with E-state index in [-0.39, 0.29) is 17.9 Å². The second-order valence-corrected chi connectivity index (χ2v) is 8.95. The quantitative estimate of drug-likeness (QED) is 0.149. The third kappa shape index (κ3) is 8.43. The Morgan fingerprint density at radius 1 is 0.833 bits per heavy atom. The lowest BCUT2D eigenvalue weighted by molar-refractivity contribution is -0.129. The monoisotopic (exact) mass is 486 g/mol. The molecule has 0 heterocycles. The molecule has 186 valence electrons. The average Bonchev–Trinajstić information content (AvgIpc) is 2.87. The number of esters is 1. The van der Waals surface area contributed by atoms with E-state index in [2.05, 4.69) is 31.3 Å². The molecular formula is C29H30N2O5. The van der Waals surface area contributed by atoms with Gasteiger partial charge in [-0.25, -0.2) is 10.2 Å². The number of nitrogens with one attached hydrogen (secondary N) is 1. The van der Waals surface area contributed by atoms with Crippen LogP contribution in [0, 0.1) is 0 Å². The van der Waals surface area contributed by atoms with Crippen LogP contribution < -0.4 is 19.6 Å². The Balaban J connectivity index is 1.42. The van der Waals surface area contributed by atoms with Gasteiger partial charge in [0.2, 0.25) is 0 Å². The van der Waals surface area contributed by atoms with Gasteiger partial charge in [-0.2, -0.15) is 5.10 Å². The molecule has 3 rings (SSSR count). The summed E-state index contributed by atoms with van der Waals surface area (Å²) in [7, 11) is 1.60. The Kier molecular flexibility index (Phi) is 9.00. The van der Waals surface area contributed by atoms with Crippen LogP contribution >= 0.6 is 0 Å². The van der Waals surface area contributed by atoms with Crippen molar-refractivity contribution in [3.8, 4) is 17.2 Å². The van der Waals surface area contributed by atoms with E-state index in [4.69, 9.17) is 14.2 Å². The molecule has 0 unspecified atom stereocenters. The SMILES string of the molecule is COc1ccc(/C=C/C(=O)Oc2ccc(/C=N\NC(=O)COc3ccc(C(C)(C)C)cc3)cc2)cc1. The molecule has 0 aromatic heterocycles. The summed E-state index contributed by atoms with van der Waals surface area (Å²) in [5.41, 5.74) is 5.25. The Morgan fingerprint density at radius 3 is 2.03 bits per heavy atom. The smallest absolute Gasteiger partial charge is 0.336 e. The van der Waals surface area contributed by atoms with E-state index in [0.717, 1.165) is 16.9 Å². The van der Waals surface area contributed by atoms with Crippen molar-refractivity contribution in [1.29, 1.82) is 0 Å². The number of nitrogens with zero attached hydrogens (tertiary/aromatic N) is 1. The Hall–Kier alpha value is -4.39. The number of hydrazone groups is 1. The molecule has 0 fully saturated rings. The van der Waals surface area contributed by atoms with Crippen LogP contribution in [0.4, 0.5) is 0 Å². The maximum atomic E-state index is 12.0. The number of hydrogen-bond donors (Lipinski definition) is 1. The molecule has 0 aliphatic rings. The predicted molar refractivity (Wildman–Crippen MR) is 140 cm³/mol. The lowest BCUT2D eigenvalue weighted by atomic mass is 9.87. The molecule has 36 heavy (non-hydrogen) atoms. The first-order valence-electron chi connectivity index (χ1n) is 11.4. The van der Waals surface area contributed by atoms with Gasteiger partial charge in [0.05, 0.1) is 13.3 Å². The van der Waals surface area contributed by atoms with Gasteiger partial charge in [0, 0.05) is 6.08 Å². The Morgan fingerprint density at radius 2 is 1.42 bits per heavy atom. The van der Waals surface area contributed by atoms with Gasteiger partial charge in [-0.3, -0.25) is 4.79 Å². The second kappa shape index (κ2) is 12.4. The zero-order chi connectivity index (χ0) is 26.0. The van der Waals surface area contributed by atoms with Gasteiger partial charge in [-0.15, -0.1) is 0 Å². The summed E-state index contributed by atoms with van der Waals surface area (Å²) >= 11 is 0. The van der Waals surface area contributed by atoms with Crippen LogP contribution in [0.15, 0.2) is 84.0 Å². The van der Waals surface area contributed by atoms with Crippen molar-refractivity contribution < 1.29 is 23.8 Å². The van der Waals surface area contributed by atoms with E-state index >= 15 is 0 Å². The highest BCUT2D eigenvalue weighted by Crippen LogP contribution is 2.24. The Bertz CT molecular complexity index is 1210. The van der Waals surface area contributed by atoms with Gasteiger partial charge in [-0.05, 0) is 76.7 Å². The van der Waals surface area contributed by atoms with Crippen molar-refractivity contribution in [2.24, 2.45) is 5.10 Å². The molecule has 0 aliphatic carbocycles. The summed E-state index contributed by atoms with van der Waals surface area (Å²) in [6.45, 7) is 6.26. The highest BCUT2D eigenvalue weighted by atomic mass is 16.5. The van der Waals surface area contributed by atoms with Gasteiger partial charge < -0.3 is 14.2 Å². The molecule has 0 saturated carbocycles. The van der Waals surface area contributed by atoms with Crippen LogP contribution in [-0.4, -0.2) is 31.8 Å². The number of benzene rings is 3. The molecule has 0 saturated heterocycles. The molecule has 1 amide bonds. The van der Waals surface area contributed by atoms with Crippen molar-refractivity contribution in [3.63, 3.8) is 0 Å². The van der Waals surface area contributed by atoms with Gasteiger partial charge in [0.1, 0.15) is 17.2 Å². The fourth-order valence-corrected chi connectivity index (χ4v) is 3.06. The first-order chi connectivity index (χ1) is 17.2.